The van der Waals surface area contributed by atoms with Crippen LogP contribution in [0.1, 0.15) is 43.7 Å². The molecule has 0 saturated heterocycles. The molecule has 1 aromatic heterocycles. The first-order valence-corrected chi connectivity index (χ1v) is 7.42. The summed E-state index contributed by atoms with van der Waals surface area (Å²) in [5, 5.41) is 11.3. The molecule has 1 heterocycles. The molecule has 0 saturated carbocycles. The lowest BCUT2D eigenvalue weighted by Gasteiger charge is -2.35. The molecule has 3 heteroatoms. The summed E-state index contributed by atoms with van der Waals surface area (Å²) in [5.41, 5.74) is 1.08. The number of aliphatic hydroxyl groups is 1. The van der Waals surface area contributed by atoms with E-state index in [9.17, 15) is 5.11 Å². The molecular formula is C18H23NO2. The van der Waals surface area contributed by atoms with Gasteiger partial charge in [0.2, 0.25) is 0 Å². The molecular weight excluding hydrogens is 262 g/mol. The number of pyridine rings is 1. The number of methoxy groups -OCH3 is 1. The number of aromatic nitrogens is 1. The Kier molecular flexibility index (Phi) is 4.97. The van der Waals surface area contributed by atoms with Crippen molar-refractivity contribution < 1.29 is 9.84 Å². The summed E-state index contributed by atoms with van der Waals surface area (Å²) in [7, 11) is 1.66. The van der Waals surface area contributed by atoms with Crippen LogP contribution in [-0.4, -0.2) is 17.2 Å². The first-order valence-electron chi connectivity index (χ1n) is 7.42. The first kappa shape index (κ1) is 15.5. The molecule has 112 valence electrons. The van der Waals surface area contributed by atoms with Crippen molar-refractivity contribution in [2.24, 2.45) is 0 Å². The highest BCUT2D eigenvalue weighted by atomic mass is 16.5. The normalized spacial score (nSPS) is 15.2. The molecule has 0 aliphatic heterocycles. The smallest absolute Gasteiger partial charge is 0.118 e. The molecule has 1 N–H and O–H groups in total. The zero-order chi connectivity index (χ0) is 15.3. The second-order valence-electron chi connectivity index (χ2n) is 5.25. The van der Waals surface area contributed by atoms with Crippen molar-refractivity contribution in [2.75, 3.05) is 7.11 Å². The third kappa shape index (κ3) is 3.08. The third-order valence-electron chi connectivity index (χ3n) is 4.20. The molecule has 0 aliphatic carbocycles. The molecule has 0 radical (unpaired) electrons. The quantitative estimate of drug-likeness (QED) is 0.875. The van der Waals surface area contributed by atoms with E-state index < -0.39 is 5.60 Å². The zero-order valence-corrected chi connectivity index (χ0v) is 12.9. The number of hydrogen-bond donors (Lipinski definition) is 1. The van der Waals surface area contributed by atoms with E-state index in [1.54, 1.807) is 19.5 Å². The molecule has 21 heavy (non-hydrogen) atoms. The Morgan fingerprint density at radius 3 is 2.38 bits per heavy atom. The van der Waals surface area contributed by atoms with Crippen LogP contribution in [0, 0.1) is 0 Å². The van der Waals surface area contributed by atoms with Gasteiger partial charge in [-0.15, -0.1) is 0 Å². The highest BCUT2D eigenvalue weighted by Gasteiger charge is 2.36. The van der Waals surface area contributed by atoms with E-state index in [2.05, 4.69) is 11.9 Å². The maximum atomic E-state index is 11.3. The van der Waals surface area contributed by atoms with Gasteiger partial charge >= 0.3 is 0 Å². The Hall–Kier alpha value is -1.87. The Bertz CT molecular complexity index is 553. The maximum Gasteiger partial charge on any atom is 0.118 e. The summed E-state index contributed by atoms with van der Waals surface area (Å²) in [6.45, 7) is 4.12. The first-order chi connectivity index (χ1) is 10.2. The summed E-state index contributed by atoms with van der Waals surface area (Å²) in [4.78, 5) is 4.16. The van der Waals surface area contributed by atoms with E-state index in [0.717, 1.165) is 23.3 Å². The molecule has 2 atom stereocenters. The lowest BCUT2D eigenvalue weighted by molar-refractivity contribution is 0.00115. The molecule has 0 unspecified atom stereocenters. The van der Waals surface area contributed by atoms with E-state index in [-0.39, 0.29) is 5.92 Å². The van der Waals surface area contributed by atoms with Crippen LogP contribution in [0.5, 0.6) is 5.75 Å². The summed E-state index contributed by atoms with van der Waals surface area (Å²) >= 11 is 0. The van der Waals surface area contributed by atoms with E-state index in [1.807, 2.05) is 43.3 Å². The second kappa shape index (κ2) is 6.72. The van der Waals surface area contributed by atoms with Gasteiger partial charge in [-0.25, -0.2) is 0 Å². The zero-order valence-electron chi connectivity index (χ0n) is 12.9. The Balaban J connectivity index is 2.41. The minimum absolute atomic E-state index is 0.0256. The number of rotatable bonds is 6. The highest BCUT2D eigenvalue weighted by molar-refractivity contribution is 5.33. The van der Waals surface area contributed by atoms with Gasteiger partial charge in [-0.3, -0.25) is 4.98 Å². The van der Waals surface area contributed by atoms with Gasteiger partial charge < -0.3 is 9.84 Å². The predicted molar refractivity (Wildman–Crippen MR) is 84.5 cm³/mol. The van der Waals surface area contributed by atoms with Gasteiger partial charge in [0.1, 0.15) is 5.75 Å². The number of hydrogen-bond acceptors (Lipinski definition) is 3. The topological polar surface area (TPSA) is 42.4 Å². The molecule has 0 bridgehead atoms. The fourth-order valence-corrected chi connectivity index (χ4v) is 2.96. The second-order valence-corrected chi connectivity index (χ2v) is 5.25. The molecule has 0 fully saturated rings. The minimum Gasteiger partial charge on any atom is -0.497 e. The molecule has 1 aromatic carbocycles. The van der Waals surface area contributed by atoms with E-state index in [1.165, 1.54) is 0 Å². The summed E-state index contributed by atoms with van der Waals surface area (Å²) in [6.07, 6.45) is 4.98. The molecule has 0 spiro atoms. The maximum absolute atomic E-state index is 11.3. The van der Waals surface area contributed by atoms with Gasteiger partial charge in [0, 0.05) is 23.9 Å². The monoisotopic (exact) mass is 285 g/mol. The number of benzene rings is 1. The van der Waals surface area contributed by atoms with Crippen LogP contribution in [0.15, 0.2) is 48.8 Å². The van der Waals surface area contributed by atoms with Crippen molar-refractivity contribution in [1.82, 2.24) is 4.98 Å². The number of ether oxygens (including phenoxy) is 1. The van der Waals surface area contributed by atoms with Crippen LogP contribution >= 0.6 is 0 Å². The lowest BCUT2D eigenvalue weighted by atomic mass is 9.75. The minimum atomic E-state index is -0.905. The van der Waals surface area contributed by atoms with Gasteiger partial charge in [0.25, 0.3) is 0 Å². The highest BCUT2D eigenvalue weighted by Crippen LogP contribution is 2.41. The van der Waals surface area contributed by atoms with Crippen LogP contribution < -0.4 is 4.74 Å². The van der Waals surface area contributed by atoms with Gasteiger partial charge in [0.05, 0.1) is 12.7 Å². The molecule has 0 aliphatic rings. The van der Waals surface area contributed by atoms with Crippen molar-refractivity contribution in [1.29, 1.82) is 0 Å². The molecule has 2 aromatic rings. The Morgan fingerprint density at radius 1 is 1.19 bits per heavy atom. The van der Waals surface area contributed by atoms with Gasteiger partial charge in [-0.05, 0) is 36.6 Å². The fraction of sp³-hybridized carbons (Fsp3) is 0.389. The van der Waals surface area contributed by atoms with Crippen LogP contribution in [0.3, 0.4) is 0 Å². The molecule has 3 nitrogen and oxygen atoms in total. The lowest BCUT2D eigenvalue weighted by Crippen LogP contribution is -2.32. The van der Waals surface area contributed by atoms with Crippen LogP contribution in [0.2, 0.25) is 0 Å². The van der Waals surface area contributed by atoms with Crippen molar-refractivity contribution >= 4 is 0 Å². The average molecular weight is 285 g/mol. The molecule has 0 amide bonds. The number of nitrogens with zero attached hydrogens (tertiary/aromatic N) is 1. The Morgan fingerprint density at radius 2 is 1.90 bits per heavy atom. The van der Waals surface area contributed by atoms with Crippen LogP contribution in [0.25, 0.3) is 0 Å². The summed E-state index contributed by atoms with van der Waals surface area (Å²) in [6, 6.07) is 11.8. The van der Waals surface area contributed by atoms with Gasteiger partial charge in [-0.2, -0.15) is 0 Å². The van der Waals surface area contributed by atoms with E-state index in [4.69, 9.17) is 4.74 Å². The van der Waals surface area contributed by atoms with Crippen molar-refractivity contribution in [2.45, 2.75) is 38.2 Å². The van der Waals surface area contributed by atoms with Crippen molar-refractivity contribution in [3.8, 4) is 5.75 Å². The average Bonchev–Trinajstić information content (AvgIpc) is 2.56. The predicted octanol–water partition coefficient (Wildman–Crippen LogP) is 3.88. The van der Waals surface area contributed by atoms with Crippen molar-refractivity contribution in [3.63, 3.8) is 0 Å². The van der Waals surface area contributed by atoms with Crippen LogP contribution in [-0.2, 0) is 5.60 Å². The third-order valence-corrected chi connectivity index (χ3v) is 4.20. The van der Waals surface area contributed by atoms with Gasteiger partial charge in [-0.1, -0.05) is 32.0 Å². The van der Waals surface area contributed by atoms with E-state index in [0.29, 0.717) is 6.42 Å². The largest absolute Gasteiger partial charge is 0.497 e. The fourth-order valence-electron chi connectivity index (χ4n) is 2.96. The van der Waals surface area contributed by atoms with Crippen molar-refractivity contribution in [3.05, 3.63) is 59.9 Å². The standard InChI is InChI=1S/C18H23NO2/c1-4-17(14-8-10-16(21-3)11-9-14)18(20,5-2)15-7-6-12-19-13-15/h6-13,17,20H,4-5H2,1-3H3/t17-,18+/m1/s1. The Labute approximate surface area is 126 Å². The van der Waals surface area contributed by atoms with Gasteiger partial charge in [0.15, 0.2) is 0 Å². The SMILES string of the molecule is CC[C@H](c1ccc(OC)cc1)[C@](O)(CC)c1cccnc1. The summed E-state index contributed by atoms with van der Waals surface area (Å²) < 4.78 is 5.21. The summed E-state index contributed by atoms with van der Waals surface area (Å²) in [5.74, 6) is 0.854. The van der Waals surface area contributed by atoms with E-state index >= 15 is 0 Å². The molecule has 2 rings (SSSR count). The van der Waals surface area contributed by atoms with Crippen LogP contribution in [0.4, 0.5) is 0 Å².